The van der Waals surface area contributed by atoms with Crippen molar-refractivity contribution in [1.29, 1.82) is 0 Å². The maximum atomic E-state index is 12.2. The van der Waals surface area contributed by atoms with E-state index in [2.05, 4.69) is 10.3 Å². The molecular formula is C18H14Cl2N2OS. The van der Waals surface area contributed by atoms with Crippen molar-refractivity contribution in [3.05, 3.63) is 68.0 Å². The lowest BCUT2D eigenvalue weighted by atomic mass is 10.1. The third kappa shape index (κ3) is 3.51. The maximum absolute atomic E-state index is 12.2. The Bertz CT molecular complexity index is 850. The fraction of sp³-hybridized carbons (Fsp3) is 0.111. The first-order valence-corrected chi connectivity index (χ1v) is 8.83. The Morgan fingerprint density at radius 2 is 1.62 bits per heavy atom. The lowest BCUT2D eigenvalue weighted by Gasteiger charge is -2.04. The predicted molar refractivity (Wildman–Crippen MR) is 103 cm³/mol. The number of aryl methyl sites for hydroxylation is 2. The molecule has 3 rings (SSSR count). The number of hydrogen-bond acceptors (Lipinski definition) is 3. The molecule has 0 saturated carbocycles. The van der Waals surface area contributed by atoms with Crippen molar-refractivity contribution in [3.63, 3.8) is 0 Å². The van der Waals surface area contributed by atoms with Gasteiger partial charge in [0.25, 0.3) is 5.91 Å². The Labute approximate surface area is 154 Å². The minimum absolute atomic E-state index is 0.207. The largest absolute Gasteiger partial charge is 0.300 e. The van der Waals surface area contributed by atoms with E-state index < -0.39 is 0 Å². The Kier molecular flexibility index (Phi) is 4.99. The van der Waals surface area contributed by atoms with E-state index in [1.165, 1.54) is 11.8 Å². The summed E-state index contributed by atoms with van der Waals surface area (Å²) in [6.45, 7) is 3.99. The number of carbonyl (C=O) groups excluding carboxylic acids is 1. The van der Waals surface area contributed by atoms with Crippen molar-refractivity contribution in [1.82, 2.24) is 5.32 Å². The summed E-state index contributed by atoms with van der Waals surface area (Å²) in [5.74, 6) is -0.207. The number of thioether (sulfide) groups is 1. The van der Waals surface area contributed by atoms with E-state index in [0.717, 1.165) is 16.8 Å². The molecule has 1 aliphatic heterocycles. The maximum Gasteiger partial charge on any atom is 0.264 e. The van der Waals surface area contributed by atoms with Crippen LogP contribution in [0.2, 0.25) is 10.0 Å². The van der Waals surface area contributed by atoms with Gasteiger partial charge in [-0.15, -0.1) is 0 Å². The minimum atomic E-state index is -0.207. The normalized spacial score (nSPS) is 17.6. The summed E-state index contributed by atoms with van der Waals surface area (Å²) in [5.41, 5.74) is 3.62. The number of amidine groups is 1. The quantitative estimate of drug-likeness (QED) is 0.702. The van der Waals surface area contributed by atoms with Crippen molar-refractivity contribution in [2.45, 2.75) is 13.8 Å². The molecular weight excluding hydrogens is 363 g/mol. The zero-order valence-corrected chi connectivity index (χ0v) is 15.4. The van der Waals surface area contributed by atoms with Gasteiger partial charge in [-0.3, -0.25) is 4.79 Å². The van der Waals surface area contributed by atoms with Gasteiger partial charge >= 0.3 is 0 Å². The Morgan fingerprint density at radius 1 is 1.04 bits per heavy atom. The Balaban J connectivity index is 1.94. The second-order valence-electron chi connectivity index (χ2n) is 5.36. The van der Waals surface area contributed by atoms with Crippen LogP contribution >= 0.6 is 35.0 Å². The van der Waals surface area contributed by atoms with Crippen LogP contribution in [-0.2, 0) is 4.79 Å². The standard InChI is InChI=1S/C18H14Cl2N2OS/c1-10-5-3-6-11(2)16(10)21-18-22-17(23)15(24-18)9-12-13(19)7-4-8-14(12)20/h3-9H,1-2H3,(H,21,22,23)/b15-9+. The van der Waals surface area contributed by atoms with Crippen molar-refractivity contribution in [3.8, 4) is 0 Å². The number of rotatable bonds is 2. The van der Waals surface area contributed by atoms with Crippen molar-refractivity contribution >= 4 is 57.8 Å². The van der Waals surface area contributed by atoms with E-state index in [4.69, 9.17) is 23.2 Å². The van der Waals surface area contributed by atoms with Gasteiger partial charge in [-0.1, -0.05) is 47.5 Å². The van der Waals surface area contributed by atoms with E-state index in [1.807, 2.05) is 32.0 Å². The van der Waals surface area contributed by atoms with Gasteiger partial charge in [-0.05, 0) is 54.9 Å². The van der Waals surface area contributed by atoms with Gasteiger partial charge in [0.15, 0.2) is 5.17 Å². The average Bonchev–Trinajstić information content (AvgIpc) is 2.87. The summed E-state index contributed by atoms with van der Waals surface area (Å²) in [6, 6.07) is 11.2. The number of nitrogens with zero attached hydrogens (tertiary/aromatic N) is 1. The summed E-state index contributed by atoms with van der Waals surface area (Å²) in [5, 5.41) is 4.34. The zero-order chi connectivity index (χ0) is 17.3. The molecule has 1 amide bonds. The fourth-order valence-electron chi connectivity index (χ4n) is 2.34. The summed E-state index contributed by atoms with van der Waals surface area (Å²) < 4.78 is 0. The molecule has 1 N–H and O–H groups in total. The lowest BCUT2D eigenvalue weighted by molar-refractivity contribution is -0.115. The highest BCUT2D eigenvalue weighted by Crippen LogP contribution is 2.33. The molecule has 0 radical (unpaired) electrons. The highest BCUT2D eigenvalue weighted by atomic mass is 35.5. The number of benzene rings is 2. The topological polar surface area (TPSA) is 41.5 Å². The van der Waals surface area contributed by atoms with Crippen LogP contribution in [0.15, 0.2) is 46.3 Å². The molecule has 0 aromatic heterocycles. The molecule has 1 aliphatic rings. The number of hydrogen-bond donors (Lipinski definition) is 1. The summed E-state index contributed by atoms with van der Waals surface area (Å²) in [7, 11) is 0. The SMILES string of the molecule is Cc1cccc(C)c1N=C1NC(=O)/C(=C\c2c(Cl)cccc2Cl)S1. The number of amides is 1. The van der Waals surface area contributed by atoms with Crippen LogP contribution in [0.5, 0.6) is 0 Å². The zero-order valence-electron chi connectivity index (χ0n) is 13.1. The number of nitrogens with one attached hydrogen (secondary N) is 1. The molecule has 0 unspecified atom stereocenters. The molecule has 0 aliphatic carbocycles. The average molecular weight is 377 g/mol. The van der Waals surface area contributed by atoms with Gasteiger partial charge in [0.1, 0.15) is 0 Å². The highest BCUT2D eigenvalue weighted by molar-refractivity contribution is 8.18. The molecule has 1 fully saturated rings. The van der Waals surface area contributed by atoms with Crippen LogP contribution in [0, 0.1) is 13.8 Å². The van der Waals surface area contributed by atoms with E-state index in [-0.39, 0.29) is 5.91 Å². The fourth-order valence-corrected chi connectivity index (χ4v) is 3.66. The highest BCUT2D eigenvalue weighted by Gasteiger charge is 2.24. The van der Waals surface area contributed by atoms with E-state index in [1.54, 1.807) is 24.3 Å². The molecule has 0 bridgehead atoms. The second-order valence-corrected chi connectivity index (χ2v) is 7.20. The van der Waals surface area contributed by atoms with E-state index in [0.29, 0.717) is 25.7 Å². The molecule has 1 saturated heterocycles. The molecule has 0 spiro atoms. The van der Waals surface area contributed by atoms with Gasteiger partial charge in [0.2, 0.25) is 0 Å². The first-order valence-electron chi connectivity index (χ1n) is 7.25. The van der Waals surface area contributed by atoms with Gasteiger partial charge in [-0.2, -0.15) is 0 Å². The third-order valence-electron chi connectivity index (χ3n) is 3.58. The van der Waals surface area contributed by atoms with Crippen LogP contribution < -0.4 is 5.32 Å². The molecule has 6 heteroatoms. The smallest absolute Gasteiger partial charge is 0.264 e. The van der Waals surface area contributed by atoms with Crippen molar-refractivity contribution in [2.24, 2.45) is 4.99 Å². The Hall–Kier alpha value is -1.75. The van der Waals surface area contributed by atoms with Gasteiger partial charge in [-0.25, -0.2) is 4.99 Å². The summed E-state index contributed by atoms with van der Waals surface area (Å²) >= 11 is 13.6. The van der Waals surface area contributed by atoms with E-state index >= 15 is 0 Å². The number of carbonyl (C=O) groups is 1. The van der Waals surface area contributed by atoms with Gasteiger partial charge < -0.3 is 5.32 Å². The molecule has 1 heterocycles. The first kappa shape index (κ1) is 17.1. The molecule has 24 heavy (non-hydrogen) atoms. The van der Waals surface area contributed by atoms with Crippen molar-refractivity contribution in [2.75, 3.05) is 0 Å². The van der Waals surface area contributed by atoms with Crippen molar-refractivity contribution < 1.29 is 4.79 Å². The van der Waals surface area contributed by atoms with E-state index in [9.17, 15) is 4.79 Å². The van der Waals surface area contributed by atoms with Crippen LogP contribution in [0.25, 0.3) is 6.08 Å². The van der Waals surface area contributed by atoms with Gasteiger partial charge in [0, 0.05) is 15.6 Å². The molecule has 2 aromatic carbocycles. The van der Waals surface area contributed by atoms with Gasteiger partial charge in [0.05, 0.1) is 10.6 Å². The lowest BCUT2D eigenvalue weighted by Crippen LogP contribution is -2.19. The van der Waals surface area contributed by atoms with Crippen LogP contribution in [-0.4, -0.2) is 11.1 Å². The molecule has 122 valence electrons. The number of para-hydroxylation sites is 1. The molecule has 0 atom stereocenters. The summed E-state index contributed by atoms with van der Waals surface area (Å²) in [4.78, 5) is 17.3. The minimum Gasteiger partial charge on any atom is -0.300 e. The van der Waals surface area contributed by atoms with Crippen LogP contribution in [0.4, 0.5) is 5.69 Å². The molecule has 3 nitrogen and oxygen atoms in total. The van der Waals surface area contributed by atoms with Crippen LogP contribution in [0.3, 0.4) is 0 Å². The molecule has 2 aromatic rings. The first-order chi connectivity index (χ1) is 11.5. The number of halogens is 2. The monoisotopic (exact) mass is 376 g/mol. The summed E-state index contributed by atoms with van der Waals surface area (Å²) in [6.07, 6.45) is 1.69. The van der Waals surface area contributed by atoms with Crippen LogP contribution in [0.1, 0.15) is 16.7 Å². The predicted octanol–water partition coefficient (Wildman–Crippen LogP) is 5.50. The Morgan fingerprint density at radius 3 is 2.25 bits per heavy atom. The number of aliphatic imine (C=N–C) groups is 1. The second kappa shape index (κ2) is 7.01. The third-order valence-corrected chi connectivity index (χ3v) is 5.15.